The van der Waals surface area contributed by atoms with E-state index in [1.807, 2.05) is 18.2 Å². The fraction of sp³-hybridized carbons (Fsp3) is 0.143. The Balaban J connectivity index is 2.50. The van der Waals surface area contributed by atoms with Gasteiger partial charge in [0, 0.05) is 10.6 Å². The zero-order valence-electron chi connectivity index (χ0n) is 5.95. The van der Waals surface area contributed by atoms with Crippen molar-refractivity contribution in [3.63, 3.8) is 0 Å². The third-order valence-electron chi connectivity index (χ3n) is 1.65. The van der Waals surface area contributed by atoms with Crippen LogP contribution in [0.15, 0.2) is 23.1 Å². The summed E-state index contributed by atoms with van der Waals surface area (Å²) in [7, 11) is 0. The maximum absolute atomic E-state index is 5.67. The van der Waals surface area contributed by atoms with Gasteiger partial charge in [-0.1, -0.05) is 0 Å². The Morgan fingerprint density at radius 2 is 2.27 bits per heavy atom. The van der Waals surface area contributed by atoms with Crippen LogP contribution in [0.2, 0.25) is 0 Å². The van der Waals surface area contributed by atoms with E-state index in [2.05, 4.69) is 0 Å². The van der Waals surface area contributed by atoms with Gasteiger partial charge >= 0.3 is 0 Å². The van der Waals surface area contributed by atoms with Gasteiger partial charge in [-0.15, -0.1) is 11.8 Å². The summed E-state index contributed by atoms with van der Waals surface area (Å²) < 4.78 is 0. The number of benzene rings is 1. The van der Waals surface area contributed by atoms with Crippen LogP contribution in [0.5, 0.6) is 0 Å². The molecule has 0 saturated carbocycles. The van der Waals surface area contributed by atoms with Gasteiger partial charge in [0.15, 0.2) is 0 Å². The lowest BCUT2D eigenvalue weighted by Gasteiger charge is -2.09. The number of hydrogen-bond acceptors (Lipinski definition) is 4. The molecule has 2 rings (SSSR count). The van der Waals surface area contributed by atoms with Crippen molar-refractivity contribution in [1.82, 2.24) is 0 Å². The van der Waals surface area contributed by atoms with Gasteiger partial charge in [0.25, 0.3) is 0 Å². The van der Waals surface area contributed by atoms with Gasteiger partial charge in [-0.05, 0) is 18.2 Å². The van der Waals surface area contributed by atoms with Gasteiger partial charge in [0.2, 0.25) is 0 Å². The van der Waals surface area contributed by atoms with Gasteiger partial charge in [-0.3, -0.25) is 5.01 Å². The molecule has 3 nitrogen and oxygen atoms in total. The molecule has 11 heavy (non-hydrogen) atoms. The summed E-state index contributed by atoms with van der Waals surface area (Å²) in [5, 5.41) is 1.72. The highest BCUT2D eigenvalue weighted by Crippen LogP contribution is 2.37. The number of nitrogen functional groups attached to an aromatic ring is 1. The summed E-state index contributed by atoms with van der Waals surface area (Å²) in [5.74, 6) is 6.49. The van der Waals surface area contributed by atoms with E-state index in [-0.39, 0.29) is 0 Å². The molecule has 0 unspecified atom stereocenters. The SMILES string of the molecule is Nc1ccc2c(c1)SCN2N. The minimum Gasteiger partial charge on any atom is -0.399 e. The zero-order chi connectivity index (χ0) is 7.84. The Labute approximate surface area is 69.3 Å². The van der Waals surface area contributed by atoms with Crippen LogP contribution in [0.3, 0.4) is 0 Å². The van der Waals surface area contributed by atoms with Crippen LogP contribution >= 0.6 is 11.8 Å². The summed E-state index contributed by atoms with van der Waals surface area (Å²) in [6.07, 6.45) is 0. The molecule has 0 spiro atoms. The minimum absolute atomic E-state index is 0.798. The highest BCUT2D eigenvalue weighted by molar-refractivity contribution is 7.99. The van der Waals surface area contributed by atoms with Crippen LogP contribution in [-0.2, 0) is 0 Å². The van der Waals surface area contributed by atoms with Gasteiger partial charge in [0.1, 0.15) is 0 Å². The molecule has 1 heterocycles. The molecule has 1 aliphatic rings. The van der Waals surface area contributed by atoms with Crippen molar-refractivity contribution >= 4 is 23.1 Å². The molecule has 0 aliphatic carbocycles. The summed E-state index contributed by atoms with van der Waals surface area (Å²) in [6, 6.07) is 5.77. The standard InChI is InChI=1S/C7H9N3S/c8-5-1-2-6-7(3-5)11-4-10(6)9/h1-3H,4,8-9H2. The molecule has 4 N–H and O–H groups in total. The highest BCUT2D eigenvalue weighted by Gasteiger charge is 2.15. The first kappa shape index (κ1) is 6.82. The second-order valence-corrected chi connectivity index (χ2v) is 3.46. The molecule has 0 fully saturated rings. The summed E-state index contributed by atoms with van der Waals surface area (Å²) in [4.78, 5) is 1.17. The molecule has 0 bridgehead atoms. The molecular formula is C7H9N3S. The molecule has 0 amide bonds. The smallest absolute Gasteiger partial charge is 0.0844 e. The Hall–Kier alpha value is -0.870. The van der Waals surface area contributed by atoms with E-state index in [0.29, 0.717) is 0 Å². The fourth-order valence-electron chi connectivity index (χ4n) is 1.09. The monoisotopic (exact) mass is 167 g/mol. The second-order valence-electron chi connectivity index (χ2n) is 2.47. The lowest BCUT2D eigenvalue weighted by atomic mass is 10.3. The Morgan fingerprint density at radius 3 is 3.09 bits per heavy atom. The molecule has 0 radical (unpaired) electrons. The molecular weight excluding hydrogens is 158 g/mol. The first-order chi connectivity index (χ1) is 5.27. The zero-order valence-corrected chi connectivity index (χ0v) is 6.77. The van der Waals surface area contributed by atoms with Crippen LogP contribution in [0, 0.1) is 0 Å². The number of rotatable bonds is 0. The molecule has 1 aromatic carbocycles. The van der Waals surface area contributed by atoms with Crippen molar-refractivity contribution in [3.05, 3.63) is 18.2 Å². The quantitative estimate of drug-likeness (QED) is 0.447. The van der Waals surface area contributed by atoms with E-state index in [0.717, 1.165) is 17.3 Å². The minimum atomic E-state index is 0.798. The Kier molecular flexibility index (Phi) is 1.44. The topological polar surface area (TPSA) is 55.3 Å². The normalized spacial score (nSPS) is 15.2. The molecule has 58 valence electrons. The largest absolute Gasteiger partial charge is 0.399 e. The number of anilines is 2. The third kappa shape index (κ3) is 1.04. The first-order valence-electron chi connectivity index (χ1n) is 3.32. The third-order valence-corrected chi connectivity index (χ3v) is 2.70. The van der Waals surface area contributed by atoms with Gasteiger partial charge < -0.3 is 5.73 Å². The molecule has 0 atom stereocenters. The van der Waals surface area contributed by atoms with E-state index < -0.39 is 0 Å². The first-order valence-corrected chi connectivity index (χ1v) is 4.30. The maximum Gasteiger partial charge on any atom is 0.0844 e. The number of fused-ring (bicyclic) bond motifs is 1. The summed E-state index contributed by atoms with van der Waals surface area (Å²) >= 11 is 1.71. The van der Waals surface area contributed by atoms with E-state index in [9.17, 15) is 0 Å². The van der Waals surface area contributed by atoms with E-state index in [4.69, 9.17) is 11.6 Å². The Morgan fingerprint density at radius 1 is 1.45 bits per heavy atom. The van der Waals surface area contributed by atoms with Crippen LogP contribution in [-0.4, -0.2) is 5.88 Å². The number of nitrogens with two attached hydrogens (primary N) is 2. The average Bonchev–Trinajstić information content (AvgIpc) is 2.32. The van der Waals surface area contributed by atoms with Crippen molar-refractivity contribution in [2.24, 2.45) is 5.84 Å². The number of nitrogens with zero attached hydrogens (tertiary/aromatic N) is 1. The number of thioether (sulfide) groups is 1. The predicted octanol–water partition coefficient (Wildman–Crippen LogP) is 1.01. The second kappa shape index (κ2) is 2.32. The molecule has 1 aromatic rings. The fourth-order valence-corrected chi connectivity index (χ4v) is 2.06. The van der Waals surface area contributed by atoms with Crippen LogP contribution in [0.4, 0.5) is 11.4 Å². The van der Waals surface area contributed by atoms with E-state index in [1.165, 1.54) is 4.90 Å². The van der Waals surface area contributed by atoms with Crippen LogP contribution in [0.25, 0.3) is 0 Å². The highest BCUT2D eigenvalue weighted by atomic mass is 32.2. The Bertz CT molecular complexity index is 287. The molecule has 4 heteroatoms. The lowest BCUT2D eigenvalue weighted by molar-refractivity contribution is 0.996. The summed E-state index contributed by atoms with van der Waals surface area (Å²) in [6.45, 7) is 0. The van der Waals surface area contributed by atoms with Crippen molar-refractivity contribution in [2.75, 3.05) is 16.6 Å². The van der Waals surface area contributed by atoms with Crippen molar-refractivity contribution in [3.8, 4) is 0 Å². The maximum atomic E-state index is 5.67. The molecule has 1 aliphatic heterocycles. The lowest BCUT2D eigenvalue weighted by Crippen LogP contribution is -2.26. The number of hydrogen-bond donors (Lipinski definition) is 2. The van der Waals surface area contributed by atoms with Crippen molar-refractivity contribution in [2.45, 2.75) is 4.90 Å². The molecule has 0 saturated heterocycles. The number of hydrazine groups is 1. The predicted molar refractivity (Wildman–Crippen MR) is 48.2 cm³/mol. The van der Waals surface area contributed by atoms with Crippen LogP contribution < -0.4 is 16.6 Å². The van der Waals surface area contributed by atoms with Crippen molar-refractivity contribution < 1.29 is 0 Å². The molecule has 0 aromatic heterocycles. The van der Waals surface area contributed by atoms with Gasteiger partial charge in [-0.2, -0.15) is 0 Å². The van der Waals surface area contributed by atoms with Crippen LogP contribution in [0.1, 0.15) is 0 Å². The average molecular weight is 167 g/mol. The van der Waals surface area contributed by atoms with Crippen molar-refractivity contribution in [1.29, 1.82) is 0 Å². The van der Waals surface area contributed by atoms with Gasteiger partial charge in [0.05, 0.1) is 11.6 Å². The van der Waals surface area contributed by atoms with Gasteiger partial charge in [-0.25, -0.2) is 5.84 Å². The van der Waals surface area contributed by atoms with E-state index in [1.54, 1.807) is 16.8 Å². The summed E-state index contributed by atoms with van der Waals surface area (Å²) in [5.41, 5.74) is 7.47. The van der Waals surface area contributed by atoms with E-state index >= 15 is 0 Å².